The van der Waals surface area contributed by atoms with Gasteiger partial charge in [0.1, 0.15) is 11.6 Å². The van der Waals surface area contributed by atoms with Crippen LogP contribution in [0.25, 0.3) is 0 Å². The van der Waals surface area contributed by atoms with Gasteiger partial charge in [-0.2, -0.15) is 0 Å². The van der Waals surface area contributed by atoms with E-state index in [2.05, 4.69) is 25.3 Å². The second-order valence-corrected chi connectivity index (χ2v) is 3.32. The summed E-state index contributed by atoms with van der Waals surface area (Å²) in [5.74, 6) is 1.06. The topological polar surface area (TPSA) is 130 Å². The Labute approximate surface area is 102 Å². The van der Waals surface area contributed by atoms with Crippen molar-refractivity contribution in [3.63, 3.8) is 0 Å². The maximum absolute atomic E-state index is 10.4. The van der Waals surface area contributed by atoms with Crippen molar-refractivity contribution in [2.75, 3.05) is 18.1 Å². The average Bonchev–Trinajstić information content (AvgIpc) is 2.35. The number of aromatic amines is 2. The van der Waals surface area contributed by atoms with Crippen LogP contribution in [0, 0.1) is 6.92 Å². The Morgan fingerprint density at radius 2 is 1.89 bits per heavy atom. The van der Waals surface area contributed by atoms with Crippen LogP contribution in [0.3, 0.4) is 0 Å². The first-order valence-electron chi connectivity index (χ1n) is 5.07. The molecule has 0 aliphatic carbocycles. The molecule has 0 spiro atoms. The first-order valence-corrected chi connectivity index (χ1v) is 5.07. The molecule has 2 rings (SSSR count). The molecule has 0 aliphatic rings. The summed E-state index contributed by atoms with van der Waals surface area (Å²) in [6, 6.07) is 1.68. The number of rotatable bonds is 1. The average molecular weight is 250 g/mol. The number of aryl methyl sites for hydroxylation is 1. The van der Waals surface area contributed by atoms with E-state index in [-0.39, 0.29) is 5.69 Å². The van der Waals surface area contributed by atoms with E-state index in [9.17, 15) is 9.59 Å². The molecule has 0 atom stereocenters. The van der Waals surface area contributed by atoms with E-state index in [1.54, 1.807) is 20.0 Å². The second-order valence-electron chi connectivity index (χ2n) is 3.32. The normalized spacial score (nSPS) is 9.22. The first-order chi connectivity index (χ1) is 8.52. The lowest BCUT2D eigenvalue weighted by molar-refractivity contribution is 1.06. The summed E-state index contributed by atoms with van der Waals surface area (Å²) in [6.07, 6.45) is 2.89. The molecule has 8 heteroatoms. The molecule has 0 bridgehead atoms. The van der Waals surface area contributed by atoms with Crippen LogP contribution < -0.4 is 22.4 Å². The molecule has 0 radical (unpaired) electrons. The molecule has 0 unspecified atom stereocenters. The van der Waals surface area contributed by atoms with Crippen LogP contribution in [-0.2, 0) is 0 Å². The zero-order valence-electron chi connectivity index (χ0n) is 10.0. The van der Waals surface area contributed by atoms with Crippen LogP contribution in [0.15, 0.2) is 28.0 Å². The quantitative estimate of drug-likeness (QED) is 0.538. The van der Waals surface area contributed by atoms with Crippen molar-refractivity contribution in [3.8, 4) is 0 Å². The maximum Gasteiger partial charge on any atom is 0.346 e. The Kier molecular flexibility index (Phi) is 4.61. The van der Waals surface area contributed by atoms with Gasteiger partial charge in [0.05, 0.1) is 0 Å². The molecule has 2 heterocycles. The van der Waals surface area contributed by atoms with Gasteiger partial charge in [0.25, 0.3) is 0 Å². The zero-order valence-corrected chi connectivity index (χ0v) is 10.0. The third kappa shape index (κ3) is 4.08. The number of hydrogen-bond acceptors (Lipinski definition) is 6. The minimum Gasteiger partial charge on any atom is -0.385 e. The summed E-state index contributed by atoms with van der Waals surface area (Å²) < 4.78 is 0. The highest BCUT2D eigenvalue weighted by molar-refractivity contribution is 5.34. The lowest BCUT2D eigenvalue weighted by Gasteiger charge is -1.94. The molecule has 0 aromatic carbocycles. The molecule has 0 saturated heterocycles. The molecule has 0 saturated carbocycles. The van der Waals surface area contributed by atoms with Crippen LogP contribution in [0.5, 0.6) is 0 Å². The Bertz CT molecular complexity index is 618. The summed E-state index contributed by atoms with van der Waals surface area (Å²) >= 11 is 0. The van der Waals surface area contributed by atoms with Gasteiger partial charge < -0.3 is 11.1 Å². The Hall–Kier alpha value is -2.64. The van der Waals surface area contributed by atoms with Gasteiger partial charge in [-0.1, -0.05) is 0 Å². The van der Waals surface area contributed by atoms with Gasteiger partial charge in [-0.25, -0.2) is 19.6 Å². The van der Waals surface area contributed by atoms with Gasteiger partial charge in [-0.3, -0.25) is 9.97 Å². The van der Waals surface area contributed by atoms with E-state index in [0.29, 0.717) is 11.6 Å². The van der Waals surface area contributed by atoms with E-state index in [4.69, 9.17) is 5.73 Å². The monoisotopic (exact) mass is 250 g/mol. The number of aromatic nitrogens is 4. The van der Waals surface area contributed by atoms with E-state index >= 15 is 0 Å². The van der Waals surface area contributed by atoms with Crippen molar-refractivity contribution in [1.29, 1.82) is 0 Å². The SMILES string of the molecule is CNc1ccnc(=O)[nH]1.Cc1cnc(=O)[nH]c1N. The highest BCUT2D eigenvalue weighted by atomic mass is 16.1. The highest BCUT2D eigenvalue weighted by Crippen LogP contribution is 1.97. The van der Waals surface area contributed by atoms with Gasteiger partial charge in [0, 0.05) is 25.0 Å². The smallest absolute Gasteiger partial charge is 0.346 e. The van der Waals surface area contributed by atoms with Crippen molar-refractivity contribution < 1.29 is 0 Å². The van der Waals surface area contributed by atoms with Gasteiger partial charge in [0.15, 0.2) is 0 Å². The minimum absolute atomic E-state index is 0.332. The summed E-state index contributed by atoms with van der Waals surface area (Å²) in [5, 5.41) is 2.77. The molecule has 18 heavy (non-hydrogen) atoms. The van der Waals surface area contributed by atoms with E-state index in [1.807, 2.05) is 0 Å². The molecule has 8 nitrogen and oxygen atoms in total. The molecule has 5 N–H and O–H groups in total. The Balaban J connectivity index is 0.000000180. The number of H-pyrrole nitrogens is 2. The van der Waals surface area contributed by atoms with Crippen LogP contribution in [-0.4, -0.2) is 27.0 Å². The molecule has 2 aromatic rings. The third-order valence-corrected chi connectivity index (χ3v) is 1.99. The fourth-order valence-electron chi connectivity index (χ4n) is 0.986. The summed E-state index contributed by atoms with van der Waals surface area (Å²) in [4.78, 5) is 32.6. The van der Waals surface area contributed by atoms with Crippen molar-refractivity contribution in [1.82, 2.24) is 19.9 Å². The number of anilines is 2. The molecule has 0 fully saturated rings. The van der Waals surface area contributed by atoms with E-state index in [1.165, 1.54) is 12.4 Å². The van der Waals surface area contributed by atoms with Crippen molar-refractivity contribution in [2.45, 2.75) is 6.92 Å². The predicted octanol–water partition coefficient (Wildman–Crippen LogP) is -0.528. The predicted molar refractivity (Wildman–Crippen MR) is 68.4 cm³/mol. The van der Waals surface area contributed by atoms with Gasteiger partial charge in [-0.05, 0) is 13.0 Å². The number of nitrogens with one attached hydrogen (secondary N) is 3. The first kappa shape index (κ1) is 13.4. The third-order valence-electron chi connectivity index (χ3n) is 1.99. The van der Waals surface area contributed by atoms with Gasteiger partial charge in [0.2, 0.25) is 0 Å². The van der Waals surface area contributed by atoms with Crippen molar-refractivity contribution in [2.24, 2.45) is 0 Å². The molecule has 96 valence electrons. The number of hydrogen-bond donors (Lipinski definition) is 4. The molecular weight excluding hydrogens is 236 g/mol. The number of nitrogen functional groups attached to an aromatic ring is 1. The van der Waals surface area contributed by atoms with Gasteiger partial charge >= 0.3 is 11.4 Å². The molecule has 0 amide bonds. The largest absolute Gasteiger partial charge is 0.385 e. The summed E-state index contributed by atoms with van der Waals surface area (Å²) in [7, 11) is 1.73. The highest BCUT2D eigenvalue weighted by Gasteiger charge is 1.90. The fraction of sp³-hybridized carbons (Fsp3) is 0.200. The van der Waals surface area contributed by atoms with Crippen LogP contribution in [0.4, 0.5) is 11.6 Å². The molecule has 0 aliphatic heterocycles. The van der Waals surface area contributed by atoms with Crippen molar-refractivity contribution >= 4 is 11.6 Å². The Morgan fingerprint density at radius 3 is 2.33 bits per heavy atom. The molecule has 2 aromatic heterocycles. The standard InChI is InChI=1S/2C5H7N3O/c1-6-4-2-3-7-5(9)8-4;1-3-2-7-5(9)8-4(3)6/h2-3H,1H3,(H2,6,7,8,9);2H,1H3,(H3,6,7,8,9). The number of nitrogens with zero attached hydrogens (tertiary/aromatic N) is 2. The Morgan fingerprint density at radius 1 is 1.22 bits per heavy atom. The second kappa shape index (κ2) is 6.18. The van der Waals surface area contributed by atoms with Crippen LogP contribution >= 0.6 is 0 Å². The van der Waals surface area contributed by atoms with Crippen molar-refractivity contribution in [3.05, 3.63) is 45.0 Å². The van der Waals surface area contributed by atoms with E-state index < -0.39 is 5.69 Å². The lowest BCUT2D eigenvalue weighted by Crippen LogP contribution is -2.12. The fourth-order valence-corrected chi connectivity index (χ4v) is 0.986. The number of nitrogens with two attached hydrogens (primary N) is 1. The minimum atomic E-state index is -0.405. The lowest BCUT2D eigenvalue weighted by atomic mass is 10.4. The maximum atomic E-state index is 10.4. The van der Waals surface area contributed by atoms with Crippen LogP contribution in [0.1, 0.15) is 5.56 Å². The van der Waals surface area contributed by atoms with Gasteiger partial charge in [-0.15, -0.1) is 0 Å². The summed E-state index contributed by atoms with van der Waals surface area (Å²) in [5.41, 5.74) is 5.38. The summed E-state index contributed by atoms with van der Waals surface area (Å²) in [6.45, 7) is 1.78. The zero-order chi connectivity index (χ0) is 13.5. The van der Waals surface area contributed by atoms with E-state index in [0.717, 1.165) is 5.56 Å². The molecular formula is C10H14N6O2. The van der Waals surface area contributed by atoms with Crippen LogP contribution in [0.2, 0.25) is 0 Å².